The second-order valence-corrected chi connectivity index (χ2v) is 14.0. The summed E-state index contributed by atoms with van der Waals surface area (Å²) in [6, 6.07) is 10.2. The predicted molar refractivity (Wildman–Crippen MR) is 177 cm³/mol. The van der Waals surface area contributed by atoms with E-state index in [1.54, 1.807) is 6.20 Å². The first-order valence-corrected chi connectivity index (χ1v) is 17.3. The molecule has 4 nitrogen and oxygen atoms in total. The molecule has 6 rings (SSSR count). The lowest BCUT2D eigenvalue weighted by atomic mass is 9.77. The summed E-state index contributed by atoms with van der Waals surface area (Å²) < 4.78 is 80.9. The van der Waals surface area contributed by atoms with E-state index in [4.69, 9.17) is 0 Å². The molecule has 1 N–H and O–H groups in total. The fraction of sp³-hybridized carbons (Fsp3) is 0.526. The zero-order valence-electron chi connectivity index (χ0n) is 27.4. The number of likely N-dealkylation sites (tertiary alicyclic amines) is 1. The number of aromatic nitrogens is 2. The van der Waals surface area contributed by atoms with Crippen LogP contribution in [0.15, 0.2) is 54.7 Å². The van der Waals surface area contributed by atoms with Crippen molar-refractivity contribution in [3.05, 3.63) is 88.2 Å². The molecule has 0 spiro atoms. The van der Waals surface area contributed by atoms with Gasteiger partial charge < -0.3 is 10.2 Å². The van der Waals surface area contributed by atoms with E-state index in [0.717, 1.165) is 41.2 Å². The third kappa shape index (κ3) is 8.60. The van der Waals surface area contributed by atoms with Gasteiger partial charge in [-0.2, -0.15) is 26.3 Å². The number of hydrogen-bond donors (Lipinski definition) is 1. The van der Waals surface area contributed by atoms with Crippen molar-refractivity contribution in [2.45, 2.75) is 89.4 Å². The molecule has 3 aromatic rings. The highest BCUT2D eigenvalue weighted by molar-refractivity contribution is 5.81. The summed E-state index contributed by atoms with van der Waals surface area (Å²) in [6.07, 6.45) is 7.71. The van der Waals surface area contributed by atoms with Gasteiger partial charge in [0.15, 0.2) is 0 Å². The van der Waals surface area contributed by atoms with Crippen LogP contribution in [0, 0.1) is 17.8 Å². The minimum absolute atomic E-state index is 0.0309. The molecule has 48 heavy (non-hydrogen) atoms. The molecule has 258 valence electrons. The monoisotopic (exact) mass is 670 g/mol. The van der Waals surface area contributed by atoms with E-state index < -0.39 is 23.5 Å². The molecule has 0 bridgehead atoms. The average molecular weight is 671 g/mol. The smallest absolute Gasteiger partial charge is 0.324 e. The number of nitrogens with one attached hydrogen (secondary N) is 1. The molecule has 1 unspecified atom stereocenters. The van der Waals surface area contributed by atoms with Crippen molar-refractivity contribution >= 4 is 17.2 Å². The Morgan fingerprint density at radius 1 is 0.833 bits per heavy atom. The number of nitrogens with zero attached hydrogens (tertiary/aromatic N) is 3. The zero-order valence-corrected chi connectivity index (χ0v) is 27.4. The highest BCUT2D eigenvalue weighted by Crippen LogP contribution is 2.41. The molecule has 2 aliphatic carbocycles. The zero-order chi connectivity index (χ0) is 33.9. The Hall–Kier alpha value is -3.40. The molecule has 3 aliphatic rings. The topological polar surface area (TPSA) is 41.1 Å². The molecule has 0 radical (unpaired) electrons. The van der Waals surface area contributed by atoms with Gasteiger partial charge in [-0.15, -0.1) is 0 Å². The second-order valence-electron chi connectivity index (χ2n) is 14.0. The van der Waals surface area contributed by atoms with Crippen molar-refractivity contribution in [2.75, 3.05) is 25.5 Å². The molecule has 0 amide bonds. The highest BCUT2D eigenvalue weighted by atomic mass is 19.4. The van der Waals surface area contributed by atoms with Gasteiger partial charge in [0.1, 0.15) is 0 Å². The number of allylic oxidation sites excluding steroid dienone is 1. The van der Waals surface area contributed by atoms with Gasteiger partial charge in [0.05, 0.1) is 16.8 Å². The van der Waals surface area contributed by atoms with Crippen molar-refractivity contribution in [1.82, 2.24) is 14.9 Å². The van der Waals surface area contributed by atoms with Crippen molar-refractivity contribution < 1.29 is 26.3 Å². The first-order chi connectivity index (χ1) is 22.9. The number of fused-ring (bicyclic) bond motifs is 1. The first-order valence-electron chi connectivity index (χ1n) is 17.3. The maximum absolute atomic E-state index is 13.5. The SMILES string of the molecule is CN1CCC(CCCc2ccc(C3=CC(C4CCCCC4)CCc4nc(Nc5cc(C(F)(F)F)cc(C(F)(F)F)c5)ncc43)cc2)CC1. The summed E-state index contributed by atoms with van der Waals surface area (Å²) in [7, 11) is 2.19. The number of hydrogen-bond acceptors (Lipinski definition) is 4. The summed E-state index contributed by atoms with van der Waals surface area (Å²) in [5, 5.41) is 2.64. The van der Waals surface area contributed by atoms with Crippen LogP contribution in [-0.4, -0.2) is 35.0 Å². The Kier molecular flexibility index (Phi) is 10.5. The molecule has 10 heteroatoms. The van der Waals surface area contributed by atoms with E-state index in [0.29, 0.717) is 30.4 Å². The number of halogens is 6. The molecule has 2 aromatic carbocycles. The lowest BCUT2D eigenvalue weighted by molar-refractivity contribution is -0.143. The molecule has 1 saturated carbocycles. The lowest BCUT2D eigenvalue weighted by Gasteiger charge is -2.28. The van der Waals surface area contributed by atoms with Gasteiger partial charge in [0.25, 0.3) is 0 Å². The van der Waals surface area contributed by atoms with E-state index in [1.165, 1.54) is 76.4 Å². The minimum atomic E-state index is -4.94. The molecule has 1 aliphatic heterocycles. The van der Waals surface area contributed by atoms with Gasteiger partial charge in [-0.25, -0.2) is 9.97 Å². The van der Waals surface area contributed by atoms with Crippen LogP contribution in [0.25, 0.3) is 5.57 Å². The van der Waals surface area contributed by atoms with E-state index in [1.807, 2.05) is 0 Å². The van der Waals surface area contributed by atoms with E-state index >= 15 is 0 Å². The number of benzene rings is 2. The summed E-state index contributed by atoms with van der Waals surface area (Å²) >= 11 is 0. The van der Waals surface area contributed by atoms with Crippen molar-refractivity contribution in [2.24, 2.45) is 17.8 Å². The third-order valence-corrected chi connectivity index (χ3v) is 10.5. The Balaban J connectivity index is 1.24. The number of rotatable bonds is 8. The van der Waals surface area contributed by atoms with E-state index in [-0.39, 0.29) is 17.7 Å². The molecule has 2 heterocycles. The van der Waals surface area contributed by atoms with Crippen LogP contribution in [0.2, 0.25) is 0 Å². The molecule has 1 saturated heterocycles. The first kappa shape index (κ1) is 34.5. The molecular formula is C38H44F6N4. The molecule has 1 aromatic heterocycles. The summed E-state index contributed by atoms with van der Waals surface area (Å²) in [4.78, 5) is 11.5. The fourth-order valence-corrected chi connectivity index (χ4v) is 7.72. The lowest BCUT2D eigenvalue weighted by Crippen LogP contribution is -2.30. The number of piperidine rings is 1. The highest BCUT2D eigenvalue weighted by Gasteiger charge is 2.37. The number of anilines is 2. The van der Waals surface area contributed by atoms with Gasteiger partial charge in [-0.3, -0.25) is 0 Å². The van der Waals surface area contributed by atoms with Gasteiger partial charge in [0.2, 0.25) is 5.95 Å². The van der Waals surface area contributed by atoms with Gasteiger partial charge in [-0.05, 0) is 124 Å². The van der Waals surface area contributed by atoms with E-state index in [9.17, 15) is 26.3 Å². The summed E-state index contributed by atoms with van der Waals surface area (Å²) in [6.45, 7) is 2.37. The van der Waals surface area contributed by atoms with E-state index in [2.05, 4.69) is 57.6 Å². The number of aryl methyl sites for hydroxylation is 2. The average Bonchev–Trinajstić information content (AvgIpc) is 3.25. The van der Waals surface area contributed by atoms with Gasteiger partial charge >= 0.3 is 12.4 Å². The Morgan fingerprint density at radius 2 is 1.50 bits per heavy atom. The van der Waals surface area contributed by atoms with Crippen molar-refractivity contribution in [3.63, 3.8) is 0 Å². The molecule has 2 fully saturated rings. The van der Waals surface area contributed by atoms with Crippen LogP contribution in [0.4, 0.5) is 38.0 Å². The third-order valence-electron chi connectivity index (χ3n) is 10.5. The Morgan fingerprint density at radius 3 is 2.15 bits per heavy atom. The van der Waals surface area contributed by atoms with Crippen LogP contribution >= 0.6 is 0 Å². The molecular weight excluding hydrogens is 626 g/mol. The quantitative estimate of drug-likeness (QED) is 0.242. The van der Waals surface area contributed by atoms with Crippen LogP contribution in [0.5, 0.6) is 0 Å². The van der Waals surface area contributed by atoms with Crippen LogP contribution in [0.3, 0.4) is 0 Å². The summed E-state index contributed by atoms with van der Waals surface area (Å²) in [5.74, 6) is 1.69. The largest absolute Gasteiger partial charge is 0.416 e. The minimum Gasteiger partial charge on any atom is -0.324 e. The van der Waals surface area contributed by atoms with Crippen LogP contribution in [0.1, 0.15) is 97.7 Å². The van der Waals surface area contributed by atoms with Crippen LogP contribution < -0.4 is 5.32 Å². The summed E-state index contributed by atoms with van der Waals surface area (Å²) in [5.41, 5.74) is 1.86. The van der Waals surface area contributed by atoms with Crippen LogP contribution in [-0.2, 0) is 25.2 Å². The maximum atomic E-state index is 13.5. The number of alkyl halides is 6. The molecule has 1 atom stereocenters. The Bertz CT molecular complexity index is 1530. The van der Waals surface area contributed by atoms with Gasteiger partial charge in [-0.1, -0.05) is 56.0 Å². The van der Waals surface area contributed by atoms with Crippen molar-refractivity contribution in [3.8, 4) is 0 Å². The maximum Gasteiger partial charge on any atom is 0.416 e. The van der Waals surface area contributed by atoms with Crippen molar-refractivity contribution in [1.29, 1.82) is 0 Å². The standard InChI is InChI=1S/C38H44F6N4/c1-48-18-16-26(17-19-48)7-5-6-25-10-12-28(13-11-25)33-20-29(27-8-3-2-4-9-27)14-15-35-34(33)24-45-36(47-35)46-32-22-30(37(39,40)41)21-31(23-32)38(42,43)44/h10-13,20-24,26-27,29H,2-9,14-19H2,1H3,(H,45,46,47). The second kappa shape index (κ2) is 14.6. The fourth-order valence-electron chi connectivity index (χ4n) is 7.72. The predicted octanol–water partition coefficient (Wildman–Crippen LogP) is 10.5. The Labute approximate surface area is 279 Å². The van der Waals surface area contributed by atoms with Gasteiger partial charge in [0, 0.05) is 17.4 Å². The normalized spacial score (nSPS) is 20.2.